The zero-order valence-corrected chi connectivity index (χ0v) is 17.3. The first-order valence-electron chi connectivity index (χ1n) is 10.5. The van der Waals surface area contributed by atoms with E-state index in [1.807, 2.05) is 18.2 Å². The maximum Gasteiger partial charge on any atom is 0.323 e. The molecule has 4 N–H and O–H groups in total. The Labute approximate surface area is 184 Å². The van der Waals surface area contributed by atoms with E-state index in [9.17, 15) is 19.8 Å². The van der Waals surface area contributed by atoms with Crippen LogP contribution in [0.1, 0.15) is 24.0 Å². The minimum absolute atomic E-state index is 0.00992. The molecule has 0 atom stereocenters. The summed E-state index contributed by atoms with van der Waals surface area (Å²) in [5, 5.41) is 25.6. The third-order valence-electron chi connectivity index (χ3n) is 6.22. The molecule has 1 fully saturated rings. The van der Waals surface area contributed by atoms with Crippen LogP contribution in [0.3, 0.4) is 0 Å². The first-order valence-corrected chi connectivity index (χ1v) is 10.5. The maximum atomic E-state index is 12.8. The van der Waals surface area contributed by atoms with Crippen LogP contribution < -0.4 is 10.6 Å². The molecule has 2 aliphatic rings. The van der Waals surface area contributed by atoms with Gasteiger partial charge in [-0.15, -0.1) is 0 Å². The molecule has 3 heterocycles. The number of nitrogens with one attached hydrogen (secondary N) is 2. The smallest absolute Gasteiger partial charge is 0.323 e. The van der Waals surface area contributed by atoms with Crippen molar-refractivity contribution in [2.24, 2.45) is 0 Å². The number of hydrogen-bond acceptors (Lipinski definition) is 5. The summed E-state index contributed by atoms with van der Waals surface area (Å²) in [7, 11) is 0. The summed E-state index contributed by atoms with van der Waals surface area (Å²) >= 11 is 0. The third kappa shape index (κ3) is 3.51. The highest BCUT2D eigenvalue weighted by Crippen LogP contribution is 2.38. The molecule has 164 valence electrons. The number of imidazole rings is 1. The number of aromatic hydroxyl groups is 2. The molecule has 2 aromatic carbocycles. The summed E-state index contributed by atoms with van der Waals surface area (Å²) in [6, 6.07) is 11.9. The van der Waals surface area contributed by atoms with Gasteiger partial charge in [0.15, 0.2) is 5.82 Å². The number of carbonyl (C=O) groups excluding carboxylic acids is 2. The van der Waals surface area contributed by atoms with Crippen molar-refractivity contribution in [2.45, 2.75) is 24.8 Å². The Bertz CT molecular complexity index is 1200. The van der Waals surface area contributed by atoms with Gasteiger partial charge in [-0.1, -0.05) is 24.3 Å². The molecule has 2 aliphatic heterocycles. The highest BCUT2D eigenvalue weighted by atomic mass is 16.3. The Balaban J connectivity index is 1.27. The predicted molar refractivity (Wildman–Crippen MR) is 117 cm³/mol. The lowest BCUT2D eigenvalue weighted by Crippen LogP contribution is -2.57. The fourth-order valence-electron chi connectivity index (χ4n) is 4.60. The number of amides is 3. The van der Waals surface area contributed by atoms with E-state index in [1.54, 1.807) is 11.1 Å². The van der Waals surface area contributed by atoms with Crippen LogP contribution in [0.2, 0.25) is 0 Å². The van der Waals surface area contributed by atoms with E-state index in [-0.39, 0.29) is 23.4 Å². The lowest BCUT2D eigenvalue weighted by atomic mass is 9.76. The van der Waals surface area contributed by atoms with Gasteiger partial charge in [0.1, 0.15) is 17.8 Å². The van der Waals surface area contributed by atoms with Crippen LogP contribution in [0, 0.1) is 0 Å². The molecular formula is C23H23N5O4. The topological polar surface area (TPSA) is 120 Å². The first-order chi connectivity index (χ1) is 15.4. The maximum absolute atomic E-state index is 12.8. The number of likely N-dealkylation sites (tertiary alicyclic amines) is 1. The van der Waals surface area contributed by atoms with Gasteiger partial charge in [0, 0.05) is 19.2 Å². The SMILES string of the molecule is O=C1Cc2ccccc2C2(CCN(C(=O)Nc3cn(-c4cc(O)ccc4O)cn3)CC2)N1. The van der Waals surface area contributed by atoms with Crippen molar-refractivity contribution >= 4 is 17.8 Å². The van der Waals surface area contributed by atoms with Crippen molar-refractivity contribution in [3.8, 4) is 17.2 Å². The zero-order chi connectivity index (χ0) is 22.3. The summed E-state index contributed by atoms with van der Waals surface area (Å²) in [6.07, 6.45) is 4.67. The Morgan fingerprint density at radius 2 is 1.91 bits per heavy atom. The molecule has 0 radical (unpaired) electrons. The van der Waals surface area contributed by atoms with Gasteiger partial charge < -0.3 is 25.0 Å². The van der Waals surface area contributed by atoms with Crippen molar-refractivity contribution in [2.75, 3.05) is 18.4 Å². The number of fused-ring (bicyclic) bond motifs is 2. The standard InChI is InChI=1S/C23H23N5O4/c29-16-5-6-19(30)18(12-16)28-13-20(24-14-28)25-22(32)27-9-7-23(8-10-27)17-4-2-1-3-15(17)11-21(31)26-23/h1-6,12-14,29-30H,7-11H2,(H,25,32)(H,26,31). The number of hydrogen-bond donors (Lipinski definition) is 4. The second-order valence-corrected chi connectivity index (χ2v) is 8.22. The molecule has 3 amide bonds. The van der Waals surface area contributed by atoms with E-state index in [2.05, 4.69) is 21.7 Å². The molecular weight excluding hydrogens is 410 g/mol. The molecule has 1 saturated heterocycles. The van der Waals surface area contributed by atoms with Gasteiger partial charge in [-0.25, -0.2) is 9.78 Å². The van der Waals surface area contributed by atoms with E-state index in [4.69, 9.17) is 0 Å². The normalized spacial score (nSPS) is 17.0. The third-order valence-corrected chi connectivity index (χ3v) is 6.22. The van der Waals surface area contributed by atoms with Crippen LogP contribution in [0.4, 0.5) is 10.6 Å². The molecule has 1 spiro atoms. The van der Waals surface area contributed by atoms with Crippen LogP contribution in [0.5, 0.6) is 11.5 Å². The van der Waals surface area contributed by atoms with Gasteiger partial charge in [0.05, 0.1) is 23.8 Å². The largest absolute Gasteiger partial charge is 0.508 e. The first kappa shape index (κ1) is 19.9. The van der Waals surface area contributed by atoms with E-state index in [0.717, 1.165) is 11.1 Å². The number of aromatic nitrogens is 2. The number of carbonyl (C=O) groups is 2. The number of piperidine rings is 1. The van der Waals surface area contributed by atoms with Gasteiger partial charge in [-0.05, 0) is 36.1 Å². The van der Waals surface area contributed by atoms with Crippen LogP contribution in [-0.2, 0) is 16.8 Å². The second kappa shape index (κ2) is 7.60. The molecule has 32 heavy (non-hydrogen) atoms. The molecule has 1 aromatic heterocycles. The fraction of sp³-hybridized carbons (Fsp3) is 0.261. The van der Waals surface area contributed by atoms with Crippen molar-refractivity contribution in [3.05, 3.63) is 66.1 Å². The van der Waals surface area contributed by atoms with E-state index in [1.165, 1.54) is 29.1 Å². The minimum atomic E-state index is -0.433. The zero-order valence-electron chi connectivity index (χ0n) is 17.3. The highest BCUT2D eigenvalue weighted by molar-refractivity contribution is 5.88. The van der Waals surface area contributed by atoms with Crippen LogP contribution in [0.25, 0.3) is 5.69 Å². The average Bonchev–Trinajstić information content (AvgIpc) is 3.24. The lowest BCUT2D eigenvalue weighted by molar-refractivity contribution is -0.124. The summed E-state index contributed by atoms with van der Waals surface area (Å²) in [5.74, 6) is 0.335. The van der Waals surface area contributed by atoms with E-state index >= 15 is 0 Å². The molecule has 5 rings (SSSR count). The number of rotatable bonds is 2. The molecule has 0 bridgehead atoms. The van der Waals surface area contributed by atoms with Gasteiger partial charge >= 0.3 is 6.03 Å². The summed E-state index contributed by atoms with van der Waals surface area (Å²) in [5.41, 5.74) is 2.11. The van der Waals surface area contributed by atoms with Crippen molar-refractivity contribution in [1.29, 1.82) is 0 Å². The van der Waals surface area contributed by atoms with Crippen LogP contribution in [0.15, 0.2) is 55.0 Å². The minimum Gasteiger partial charge on any atom is -0.508 e. The summed E-state index contributed by atoms with van der Waals surface area (Å²) in [4.78, 5) is 31.0. The van der Waals surface area contributed by atoms with Gasteiger partial charge in [-0.3, -0.25) is 10.1 Å². The van der Waals surface area contributed by atoms with Gasteiger partial charge in [-0.2, -0.15) is 0 Å². The number of phenolic OH excluding ortho intramolecular Hbond substituents is 2. The van der Waals surface area contributed by atoms with Gasteiger partial charge in [0.25, 0.3) is 0 Å². The molecule has 3 aromatic rings. The lowest BCUT2D eigenvalue weighted by Gasteiger charge is -2.45. The summed E-state index contributed by atoms with van der Waals surface area (Å²) in [6.45, 7) is 0.989. The molecule has 9 nitrogen and oxygen atoms in total. The molecule has 0 saturated carbocycles. The van der Waals surface area contributed by atoms with Gasteiger partial charge in [0.2, 0.25) is 5.91 Å². The summed E-state index contributed by atoms with van der Waals surface area (Å²) < 4.78 is 1.52. The average molecular weight is 433 g/mol. The number of nitrogens with zero attached hydrogens (tertiary/aromatic N) is 3. The Morgan fingerprint density at radius 3 is 2.72 bits per heavy atom. The molecule has 0 aliphatic carbocycles. The predicted octanol–water partition coefficient (Wildman–Crippen LogP) is 2.48. The highest BCUT2D eigenvalue weighted by Gasteiger charge is 2.42. The van der Waals surface area contributed by atoms with Crippen LogP contribution in [-0.4, -0.2) is 49.7 Å². The quantitative estimate of drug-likeness (QED) is 0.463. The van der Waals surface area contributed by atoms with E-state index in [0.29, 0.717) is 43.9 Å². The molecule has 9 heteroatoms. The van der Waals surface area contributed by atoms with Crippen molar-refractivity contribution in [1.82, 2.24) is 19.8 Å². The number of phenols is 2. The van der Waals surface area contributed by atoms with E-state index < -0.39 is 5.54 Å². The number of anilines is 1. The van der Waals surface area contributed by atoms with Crippen molar-refractivity contribution < 1.29 is 19.8 Å². The van der Waals surface area contributed by atoms with Crippen LogP contribution >= 0.6 is 0 Å². The fourth-order valence-corrected chi connectivity index (χ4v) is 4.60. The Morgan fingerprint density at radius 1 is 1.12 bits per heavy atom. The van der Waals surface area contributed by atoms with Crippen molar-refractivity contribution in [3.63, 3.8) is 0 Å². The Hall–Kier alpha value is -4.01. The number of benzene rings is 2. The second-order valence-electron chi connectivity index (χ2n) is 8.22. The molecule has 0 unspecified atom stereocenters. The number of urea groups is 1. The monoisotopic (exact) mass is 433 g/mol. The Kier molecular flexibility index (Phi) is 4.73.